The van der Waals surface area contributed by atoms with Gasteiger partial charge in [0.2, 0.25) is 0 Å². The number of hydrogen-bond donors (Lipinski definition) is 0. The minimum absolute atomic E-state index is 0.0973. The molecule has 0 spiro atoms. The summed E-state index contributed by atoms with van der Waals surface area (Å²) in [5, 5.41) is 0. The van der Waals surface area contributed by atoms with Crippen molar-refractivity contribution in [3.8, 4) is 0 Å². The van der Waals surface area contributed by atoms with Gasteiger partial charge in [-0.25, -0.2) is 4.98 Å². The molecule has 4 nitrogen and oxygen atoms in total. The van der Waals surface area contributed by atoms with Crippen LogP contribution < -0.4 is 0 Å². The van der Waals surface area contributed by atoms with Gasteiger partial charge in [0.05, 0.1) is 0 Å². The number of piperidine rings is 1. The highest BCUT2D eigenvalue weighted by atomic mass is 32.1. The van der Waals surface area contributed by atoms with Crippen LogP contribution in [-0.2, 0) is 0 Å². The molecule has 2 aromatic heterocycles. The number of likely N-dealkylation sites (tertiary alicyclic amines) is 1. The Labute approximate surface area is 117 Å². The van der Waals surface area contributed by atoms with E-state index in [9.17, 15) is 4.79 Å². The van der Waals surface area contributed by atoms with Gasteiger partial charge in [0, 0.05) is 29.9 Å². The Balaban J connectivity index is 1.87. The Bertz CT molecular complexity index is 569. The maximum absolute atomic E-state index is 12.6. The molecule has 0 aliphatic carbocycles. The summed E-state index contributed by atoms with van der Waals surface area (Å²) < 4.78 is 1.96. The fourth-order valence-corrected chi connectivity index (χ4v) is 3.66. The van der Waals surface area contributed by atoms with Crippen LogP contribution in [0.5, 0.6) is 0 Å². The third-order valence-electron chi connectivity index (χ3n) is 3.85. The molecule has 0 radical (unpaired) electrons. The van der Waals surface area contributed by atoms with Crippen molar-refractivity contribution in [3.05, 3.63) is 23.0 Å². The van der Waals surface area contributed by atoms with Gasteiger partial charge in [0.15, 0.2) is 4.96 Å². The van der Waals surface area contributed by atoms with E-state index in [1.807, 2.05) is 21.7 Å². The van der Waals surface area contributed by atoms with Crippen LogP contribution in [0.2, 0.25) is 0 Å². The molecule has 1 aliphatic heterocycles. The molecule has 2 aromatic rings. The number of aromatic nitrogens is 2. The Morgan fingerprint density at radius 2 is 2.32 bits per heavy atom. The molecule has 1 amide bonds. The third-order valence-corrected chi connectivity index (χ3v) is 4.76. The van der Waals surface area contributed by atoms with Crippen LogP contribution in [0.3, 0.4) is 0 Å². The van der Waals surface area contributed by atoms with Crippen LogP contribution in [-0.4, -0.2) is 32.8 Å². The summed E-state index contributed by atoms with van der Waals surface area (Å²) in [5.41, 5.74) is 0.589. The molecule has 0 N–H and O–H groups in total. The number of carbonyl (C=O) groups is 1. The lowest BCUT2D eigenvalue weighted by molar-refractivity contribution is 0.0602. The molecule has 1 atom stereocenters. The summed E-state index contributed by atoms with van der Waals surface area (Å²) in [5.74, 6) is 0.0973. The van der Waals surface area contributed by atoms with Gasteiger partial charge in [-0.15, -0.1) is 11.3 Å². The van der Waals surface area contributed by atoms with Crippen LogP contribution in [0.15, 0.2) is 12.4 Å². The summed E-state index contributed by atoms with van der Waals surface area (Å²) >= 11 is 1.62. The fraction of sp³-hybridized carbons (Fsp3) is 0.571. The Hall–Kier alpha value is -1.36. The molecule has 102 valence electrons. The Kier molecular flexibility index (Phi) is 3.31. The van der Waals surface area contributed by atoms with Crippen molar-refractivity contribution in [2.75, 3.05) is 6.54 Å². The highest BCUT2D eigenvalue weighted by Gasteiger charge is 2.27. The molecule has 3 rings (SSSR count). The van der Waals surface area contributed by atoms with Gasteiger partial charge in [-0.3, -0.25) is 9.20 Å². The topological polar surface area (TPSA) is 37.6 Å². The van der Waals surface area contributed by atoms with E-state index in [-0.39, 0.29) is 5.91 Å². The predicted molar refractivity (Wildman–Crippen MR) is 76.8 cm³/mol. The number of aryl methyl sites for hydroxylation is 1. The first-order valence-corrected chi connectivity index (χ1v) is 7.77. The molecule has 5 heteroatoms. The second-order valence-electron chi connectivity index (χ2n) is 5.21. The average molecular weight is 277 g/mol. The maximum Gasteiger partial charge on any atom is 0.274 e. The smallest absolute Gasteiger partial charge is 0.274 e. The van der Waals surface area contributed by atoms with Gasteiger partial charge < -0.3 is 4.90 Å². The van der Waals surface area contributed by atoms with Crippen molar-refractivity contribution < 1.29 is 4.79 Å². The lowest BCUT2D eigenvalue weighted by Crippen LogP contribution is -2.43. The molecule has 3 heterocycles. The van der Waals surface area contributed by atoms with Crippen LogP contribution in [0, 0.1) is 6.92 Å². The number of nitrogens with zero attached hydrogens (tertiary/aromatic N) is 3. The number of fused-ring (bicyclic) bond motifs is 1. The van der Waals surface area contributed by atoms with Crippen molar-refractivity contribution in [2.24, 2.45) is 0 Å². The van der Waals surface area contributed by atoms with Crippen LogP contribution in [0.1, 0.15) is 48.0 Å². The average Bonchev–Trinajstić information content (AvgIpc) is 2.95. The monoisotopic (exact) mass is 277 g/mol. The second kappa shape index (κ2) is 4.96. The zero-order chi connectivity index (χ0) is 13.4. The van der Waals surface area contributed by atoms with Gasteiger partial charge in [-0.05, 0) is 32.6 Å². The number of thiazole rings is 1. The van der Waals surface area contributed by atoms with Gasteiger partial charge in [0.1, 0.15) is 5.69 Å². The van der Waals surface area contributed by atoms with E-state index < -0.39 is 0 Å². The van der Waals surface area contributed by atoms with E-state index in [0.29, 0.717) is 11.7 Å². The summed E-state index contributed by atoms with van der Waals surface area (Å²) in [6.07, 6.45) is 8.40. The Morgan fingerprint density at radius 3 is 3.05 bits per heavy atom. The van der Waals surface area contributed by atoms with E-state index in [0.717, 1.165) is 30.8 Å². The Morgan fingerprint density at radius 1 is 1.47 bits per heavy atom. The highest BCUT2D eigenvalue weighted by Crippen LogP contribution is 2.23. The molecule has 1 saturated heterocycles. The van der Waals surface area contributed by atoms with E-state index in [4.69, 9.17) is 0 Å². The molecular formula is C14H19N3OS. The fourth-order valence-electron chi connectivity index (χ4n) is 2.85. The number of hydrogen-bond acceptors (Lipinski definition) is 3. The predicted octanol–water partition coefficient (Wildman–Crippen LogP) is 3.11. The van der Waals surface area contributed by atoms with Crippen molar-refractivity contribution in [3.63, 3.8) is 0 Å². The maximum atomic E-state index is 12.6. The van der Waals surface area contributed by atoms with Crippen molar-refractivity contribution in [2.45, 2.75) is 45.6 Å². The standard InChI is InChI=1S/C14H19N3OS/c1-3-11-6-4-5-7-17(11)13(18)12-9-16-8-10(2)19-14(16)15-12/h8-9,11H,3-7H2,1-2H3. The summed E-state index contributed by atoms with van der Waals surface area (Å²) in [6.45, 7) is 5.09. The minimum Gasteiger partial charge on any atom is -0.334 e. The highest BCUT2D eigenvalue weighted by molar-refractivity contribution is 7.17. The minimum atomic E-state index is 0.0973. The van der Waals surface area contributed by atoms with Crippen LogP contribution >= 0.6 is 11.3 Å². The molecule has 1 fully saturated rings. The molecule has 1 unspecified atom stereocenters. The number of rotatable bonds is 2. The first-order chi connectivity index (χ1) is 9.19. The van der Waals surface area contributed by atoms with Crippen LogP contribution in [0.4, 0.5) is 0 Å². The molecule has 1 aliphatic rings. The quantitative estimate of drug-likeness (QED) is 0.846. The molecule has 0 saturated carbocycles. The van der Waals surface area contributed by atoms with E-state index >= 15 is 0 Å². The number of amides is 1. The lowest BCUT2D eigenvalue weighted by Gasteiger charge is -2.34. The zero-order valence-corrected chi connectivity index (χ0v) is 12.2. The van der Waals surface area contributed by atoms with Gasteiger partial charge in [-0.1, -0.05) is 6.92 Å². The summed E-state index contributed by atoms with van der Waals surface area (Å²) in [6, 6.07) is 0.391. The molecular weight excluding hydrogens is 258 g/mol. The van der Waals surface area contributed by atoms with Crippen molar-refractivity contribution >= 4 is 22.2 Å². The first-order valence-electron chi connectivity index (χ1n) is 6.95. The molecule has 19 heavy (non-hydrogen) atoms. The largest absolute Gasteiger partial charge is 0.334 e. The van der Waals surface area contributed by atoms with E-state index in [1.165, 1.54) is 11.3 Å². The van der Waals surface area contributed by atoms with E-state index in [2.05, 4.69) is 18.8 Å². The van der Waals surface area contributed by atoms with Crippen molar-refractivity contribution in [1.82, 2.24) is 14.3 Å². The first kappa shape index (κ1) is 12.7. The number of carbonyl (C=O) groups excluding carboxylic acids is 1. The van der Waals surface area contributed by atoms with Gasteiger partial charge >= 0.3 is 0 Å². The third kappa shape index (κ3) is 2.27. The summed E-state index contributed by atoms with van der Waals surface area (Å²) in [4.78, 5) is 21.2. The van der Waals surface area contributed by atoms with E-state index in [1.54, 1.807) is 11.3 Å². The molecule has 0 bridgehead atoms. The normalized spacial score (nSPS) is 20.1. The van der Waals surface area contributed by atoms with Crippen molar-refractivity contribution in [1.29, 1.82) is 0 Å². The van der Waals surface area contributed by atoms with Gasteiger partial charge in [0.25, 0.3) is 5.91 Å². The second-order valence-corrected chi connectivity index (χ2v) is 6.43. The summed E-state index contributed by atoms with van der Waals surface area (Å²) in [7, 11) is 0. The van der Waals surface area contributed by atoms with Gasteiger partial charge in [-0.2, -0.15) is 0 Å². The lowest BCUT2D eigenvalue weighted by atomic mass is 10.00. The van der Waals surface area contributed by atoms with Crippen LogP contribution in [0.25, 0.3) is 4.96 Å². The molecule has 0 aromatic carbocycles. The zero-order valence-electron chi connectivity index (χ0n) is 11.4. The SMILES string of the molecule is CCC1CCCCN1C(=O)c1cn2cc(C)sc2n1. The number of imidazole rings is 1.